The number of aromatic nitrogens is 4. The summed E-state index contributed by atoms with van der Waals surface area (Å²) in [7, 11) is 0. The largest absolute Gasteiger partial charge is 0.508 e. The first-order valence-corrected chi connectivity index (χ1v) is 11.2. The van der Waals surface area contributed by atoms with Crippen molar-refractivity contribution in [3.63, 3.8) is 0 Å². The number of amides is 1. The fourth-order valence-electron chi connectivity index (χ4n) is 4.25. The van der Waals surface area contributed by atoms with Crippen molar-refractivity contribution < 1.29 is 15.0 Å². The molecule has 3 atom stereocenters. The minimum absolute atomic E-state index is 0.0214. The molecule has 4 rings (SSSR count). The Morgan fingerprint density at radius 1 is 1.12 bits per heavy atom. The predicted octanol–water partition coefficient (Wildman–Crippen LogP) is 2.59. The van der Waals surface area contributed by atoms with Crippen LogP contribution in [-0.2, 0) is 4.79 Å². The highest BCUT2D eigenvalue weighted by molar-refractivity contribution is 5.76. The standard InChI is InChI=1S/C23H30N6O3/c1-15(16-8-10-17(31)11-9-16)23-27-26-21-13-12-20(28-29(21)23)24-18-5-2-3-6-19(18)25-22(32)7-4-14-30/h8-13,15,18-19,30-31H,2-7,14H2,1H3,(H,24,28)(H,25,32)/t15-,18+,19-/m0/s1. The van der Waals surface area contributed by atoms with Crippen molar-refractivity contribution in [2.24, 2.45) is 0 Å². The zero-order valence-corrected chi connectivity index (χ0v) is 18.2. The molecule has 170 valence electrons. The Labute approximate surface area is 186 Å². The van der Waals surface area contributed by atoms with E-state index < -0.39 is 0 Å². The van der Waals surface area contributed by atoms with Gasteiger partial charge in [0.05, 0.1) is 0 Å². The Morgan fingerprint density at radius 2 is 1.88 bits per heavy atom. The summed E-state index contributed by atoms with van der Waals surface area (Å²) in [6, 6.07) is 10.9. The molecule has 1 saturated carbocycles. The van der Waals surface area contributed by atoms with Gasteiger partial charge in [-0.2, -0.15) is 4.52 Å². The van der Waals surface area contributed by atoms with Crippen LogP contribution in [0.3, 0.4) is 0 Å². The van der Waals surface area contributed by atoms with Crippen LogP contribution in [0.25, 0.3) is 5.65 Å². The lowest BCUT2D eigenvalue weighted by molar-refractivity contribution is -0.122. The highest BCUT2D eigenvalue weighted by atomic mass is 16.3. The van der Waals surface area contributed by atoms with Crippen molar-refractivity contribution in [3.8, 4) is 5.75 Å². The third-order valence-corrected chi connectivity index (χ3v) is 6.07. The molecule has 4 N–H and O–H groups in total. The summed E-state index contributed by atoms with van der Waals surface area (Å²) in [5, 5.41) is 38.5. The topological polar surface area (TPSA) is 125 Å². The van der Waals surface area contributed by atoms with Gasteiger partial charge in [-0.25, -0.2) is 0 Å². The van der Waals surface area contributed by atoms with Gasteiger partial charge in [-0.1, -0.05) is 31.9 Å². The second-order valence-electron chi connectivity index (χ2n) is 8.40. The number of aliphatic hydroxyl groups excluding tert-OH is 1. The zero-order chi connectivity index (χ0) is 22.5. The van der Waals surface area contributed by atoms with Crippen molar-refractivity contribution in [2.75, 3.05) is 11.9 Å². The molecule has 2 heterocycles. The number of fused-ring (bicyclic) bond motifs is 1. The molecular weight excluding hydrogens is 408 g/mol. The number of carbonyl (C=O) groups is 1. The van der Waals surface area contributed by atoms with Gasteiger partial charge in [-0.3, -0.25) is 4.79 Å². The Kier molecular flexibility index (Phi) is 6.84. The van der Waals surface area contributed by atoms with Crippen LogP contribution in [0.4, 0.5) is 5.82 Å². The Balaban J connectivity index is 1.52. The molecule has 0 spiro atoms. The van der Waals surface area contributed by atoms with Crippen LogP contribution in [0.15, 0.2) is 36.4 Å². The number of aromatic hydroxyl groups is 1. The smallest absolute Gasteiger partial charge is 0.220 e. The SMILES string of the molecule is C[C@@H](c1ccc(O)cc1)c1nnc2ccc(N[C@@H]3CCCC[C@@H]3NC(=O)CCCO)nn12. The van der Waals surface area contributed by atoms with Crippen molar-refractivity contribution in [2.45, 2.75) is 63.5 Å². The molecule has 1 fully saturated rings. The lowest BCUT2D eigenvalue weighted by atomic mass is 9.90. The van der Waals surface area contributed by atoms with Gasteiger partial charge in [0.2, 0.25) is 5.91 Å². The van der Waals surface area contributed by atoms with Crippen molar-refractivity contribution in [3.05, 3.63) is 47.8 Å². The Morgan fingerprint density at radius 3 is 2.62 bits per heavy atom. The van der Waals surface area contributed by atoms with Gasteiger partial charge in [0.1, 0.15) is 11.6 Å². The summed E-state index contributed by atoms with van der Waals surface area (Å²) in [4.78, 5) is 12.2. The highest BCUT2D eigenvalue weighted by Gasteiger charge is 2.27. The van der Waals surface area contributed by atoms with Gasteiger partial charge in [-0.15, -0.1) is 15.3 Å². The van der Waals surface area contributed by atoms with Crippen LogP contribution in [0.5, 0.6) is 5.75 Å². The molecule has 1 aliphatic rings. The number of phenols is 1. The number of carbonyl (C=O) groups excluding carboxylic acids is 1. The average molecular weight is 439 g/mol. The zero-order valence-electron chi connectivity index (χ0n) is 18.2. The number of aliphatic hydroxyl groups is 1. The third kappa shape index (κ3) is 4.99. The van der Waals surface area contributed by atoms with E-state index in [1.165, 1.54) is 0 Å². The minimum Gasteiger partial charge on any atom is -0.508 e. The van der Waals surface area contributed by atoms with E-state index in [2.05, 4.69) is 20.8 Å². The normalized spacial score (nSPS) is 19.6. The minimum atomic E-state index is -0.0541. The van der Waals surface area contributed by atoms with E-state index in [1.807, 2.05) is 31.2 Å². The average Bonchev–Trinajstić information content (AvgIpc) is 3.22. The van der Waals surface area contributed by atoms with Crippen molar-refractivity contribution in [1.29, 1.82) is 0 Å². The van der Waals surface area contributed by atoms with Gasteiger partial charge in [-0.05, 0) is 49.1 Å². The van der Waals surface area contributed by atoms with E-state index in [1.54, 1.807) is 16.6 Å². The monoisotopic (exact) mass is 438 g/mol. The quantitative estimate of drug-likeness (QED) is 0.426. The number of hydrogen-bond donors (Lipinski definition) is 4. The van der Waals surface area contributed by atoms with Crippen LogP contribution in [-0.4, -0.2) is 54.6 Å². The van der Waals surface area contributed by atoms with Crippen LogP contribution in [0.2, 0.25) is 0 Å². The predicted molar refractivity (Wildman–Crippen MR) is 121 cm³/mol. The first-order valence-electron chi connectivity index (χ1n) is 11.2. The number of nitrogens with zero attached hydrogens (tertiary/aromatic N) is 4. The molecule has 0 bridgehead atoms. The van der Waals surface area contributed by atoms with E-state index in [4.69, 9.17) is 10.2 Å². The van der Waals surface area contributed by atoms with E-state index in [-0.39, 0.29) is 36.3 Å². The highest BCUT2D eigenvalue weighted by Crippen LogP contribution is 2.26. The van der Waals surface area contributed by atoms with Crippen LogP contribution in [0, 0.1) is 0 Å². The van der Waals surface area contributed by atoms with Gasteiger partial charge in [0.15, 0.2) is 11.5 Å². The molecule has 3 aromatic rings. The first-order chi connectivity index (χ1) is 15.5. The summed E-state index contributed by atoms with van der Waals surface area (Å²) >= 11 is 0. The first kappa shape index (κ1) is 22.0. The second-order valence-corrected chi connectivity index (χ2v) is 8.40. The third-order valence-electron chi connectivity index (χ3n) is 6.07. The molecule has 0 radical (unpaired) electrons. The summed E-state index contributed by atoms with van der Waals surface area (Å²) < 4.78 is 1.75. The molecular formula is C23H30N6O3. The van der Waals surface area contributed by atoms with Gasteiger partial charge in [0.25, 0.3) is 0 Å². The summed E-state index contributed by atoms with van der Waals surface area (Å²) in [6.45, 7) is 2.05. The van der Waals surface area contributed by atoms with Gasteiger partial charge in [0, 0.05) is 31.0 Å². The molecule has 0 aliphatic heterocycles. The molecule has 9 nitrogen and oxygen atoms in total. The number of rotatable bonds is 8. The van der Waals surface area contributed by atoms with E-state index >= 15 is 0 Å². The summed E-state index contributed by atoms with van der Waals surface area (Å²) in [6.07, 6.45) is 4.85. The Bertz CT molecular complexity index is 1050. The summed E-state index contributed by atoms with van der Waals surface area (Å²) in [5.74, 6) is 1.57. The van der Waals surface area contributed by atoms with Gasteiger partial charge >= 0.3 is 0 Å². The maximum atomic E-state index is 12.2. The maximum Gasteiger partial charge on any atom is 0.220 e. The van der Waals surface area contributed by atoms with Gasteiger partial charge < -0.3 is 20.8 Å². The second kappa shape index (κ2) is 9.95. The number of phenolic OH excluding ortho intramolecular Hbond substituents is 1. The fourth-order valence-corrected chi connectivity index (χ4v) is 4.25. The van der Waals surface area contributed by atoms with Crippen LogP contribution in [0.1, 0.15) is 62.8 Å². The van der Waals surface area contributed by atoms with E-state index in [0.717, 1.165) is 31.2 Å². The van der Waals surface area contributed by atoms with Crippen LogP contribution < -0.4 is 10.6 Å². The van der Waals surface area contributed by atoms with Crippen molar-refractivity contribution in [1.82, 2.24) is 25.1 Å². The number of benzene rings is 1. The lowest BCUT2D eigenvalue weighted by Gasteiger charge is -2.33. The molecule has 1 aromatic carbocycles. The molecule has 0 unspecified atom stereocenters. The fraction of sp³-hybridized carbons (Fsp3) is 0.478. The summed E-state index contributed by atoms with van der Waals surface area (Å²) in [5.41, 5.74) is 1.67. The lowest BCUT2D eigenvalue weighted by Crippen LogP contribution is -2.48. The number of anilines is 1. The molecule has 2 aromatic heterocycles. The Hall–Kier alpha value is -3.20. The van der Waals surface area contributed by atoms with Crippen LogP contribution >= 0.6 is 0 Å². The molecule has 1 aliphatic carbocycles. The van der Waals surface area contributed by atoms with Crippen molar-refractivity contribution >= 4 is 17.4 Å². The molecule has 9 heteroatoms. The number of nitrogens with one attached hydrogen (secondary N) is 2. The molecule has 1 amide bonds. The number of hydrogen-bond acceptors (Lipinski definition) is 7. The molecule has 0 saturated heterocycles. The van der Waals surface area contributed by atoms with E-state index in [9.17, 15) is 9.90 Å². The maximum absolute atomic E-state index is 12.2. The van der Waals surface area contributed by atoms with E-state index in [0.29, 0.717) is 30.1 Å². The molecule has 32 heavy (non-hydrogen) atoms.